The van der Waals surface area contributed by atoms with Crippen molar-refractivity contribution >= 4 is 33.6 Å². The van der Waals surface area contributed by atoms with Gasteiger partial charge in [-0.05, 0) is 25.1 Å². The van der Waals surface area contributed by atoms with Gasteiger partial charge in [-0.15, -0.1) is 0 Å². The Bertz CT molecular complexity index is 888. The van der Waals surface area contributed by atoms with Crippen molar-refractivity contribution in [3.8, 4) is 11.3 Å². The Kier molecular flexibility index (Phi) is 3.79. The fraction of sp³-hybridized carbons (Fsp3) is 0.250. The predicted molar refractivity (Wildman–Crippen MR) is 93.1 cm³/mol. The molecular weight excluding hydrogens is 374 g/mol. The number of aromatic nitrogens is 2. The number of hydrogen-bond donors (Lipinski definition) is 1. The molecule has 0 spiro atoms. The van der Waals surface area contributed by atoms with Crippen LogP contribution in [0.2, 0.25) is 0 Å². The molecule has 0 bridgehead atoms. The van der Waals surface area contributed by atoms with Crippen LogP contribution in [0.4, 0.5) is 0 Å². The quantitative estimate of drug-likeness (QED) is 0.785. The zero-order chi connectivity index (χ0) is 17.6. The highest BCUT2D eigenvalue weighted by molar-refractivity contribution is 9.10. The lowest BCUT2D eigenvalue weighted by Gasteiger charge is -2.31. The number of carbonyl (C=O) groups is 2. The van der Waals surface area contributed by atoms with Crippen molar-refractivity contribution in [2.45, 2.75) is 12.5 Å². The number of ketones is 1. The predicted octanol–water partition coefficient (Wildman–Crippen LogP) is 1.42. The summed E-state index contributed by atoms with van der Waals surface area (Å²) in [6.45, 7) is 1.58. The van der Waals surface area contributed by atoms with E-state index in [1.165, 1.54) is 7.05 Å². The number of rotatable bonds is 2. The molecule has 1 aromatic carbocycles. The molecule has 0 saturated heterocycles. The van der Waals surface area contributed by atoms with Crippen LogP contribution in [0.25, 0.3) is 11.3 Å². The van der Waals surface area contributed by atoms with Crippen molar-refractivity contribution in [2.24, 2.45) is 17.8 Å². The van der Waals surface area contributed by atoms with Crippen LogP contribution in [0.5, 0.6) is 0 Å². The van der Waals surface area contributed by atoms with E-state index >= 15 is 0 Å². The number of aliphatic imine (C=N–C) groups is 1. The summed E-state index contributed by atoms with van der Waals surface area (Å²) in [7, 11) is 3.14. The van der Waals surface area contributed by atoms with E-state index in [4.69, 9.17) is 5.73 Å². The first kappa shape index (κ1) is 16.4. The number of benzene rings is 1. The molecule has 1 aliphatic rings. The minimum Gasteiger partial charge on any atom is -0.369 e. The van der Waals surface area contributed by atoms with Crippen LogP contribution in [-0.2, 0) is 22.2 Å². The molecule has 0 fully saturated rings. The minimum absolute atomic E-state index is 0.00676. The number of hydrogen-bond acceptors (Lipinski definition) is 5. The van der Waals surface area contributed by atoms with Crippen LogP contribution >= 0.6 is 15.9 Å². The molecule has 0 aliphatic carbocycles. The number of aryl methyl sites for hydroxylation is 1. The van der Waals surface area contributed by atoms with Gasteiger partial charge in [0.1, 0.15) is 0 Å². The highest BCUT2D eigenvalue weighted by atomic mass is 79.9. The number of guanidine groups is 1. The molecule has 7 nitrogen and oxygen atoms in total. The first-order chi connectivity index (χ1) is 11.2. The van der Waals surface area contributed by atoms with Crippen molar-refractivity contribution in [1.29, 1.82) is 0 Å². The standard InChI is InChI=1S/C16H16BrN5O2/c1-16(13(23)14(24)21(2)15(18)19-16)12-8-11(20-22(12)3)9-5-4-6-10(17)7-9/h4-8H,1-3H3,(H2,18,19)/t16-/m1/s1. The number of nitrogens with zero attached hydrogens (tertiary/aromatic N) is 4. The van der Waals surface area contributed by atoms with E-state index in [0.29, 0.717) is 11.4 Å². The number of amides is 1. The number of halogens is 1. The summed E-state index contributed by atoms with van der Waals surface area (Å²) < 4.78 is 2.48. The molecule has 2 aromatic rings. The summed E-state index contributed by atoms with van der Waals surface area (Å²) >= 11 is 3.43. The number of Topliss-reactive ketones (excluding diaryl/α,β-unsaturated/α-hetero) is 1. The SMILES string of the molecule is CN1C(=O)C(=O)[C@@](C)(c2cc(-c3cccc(Br)c3)nn2C)N=C1N. The third-order valence-corrected chi connectivity index (χ3v) is 4.62. The van der Waals surface area contributed by atoms with Crippen LogP contribution in [0, 0.1) is 0 Å². The van der Waals surface area contributed by atoms with Crippen LogP contribution in [0.1, 0.15) is 12.6 Å². The Morgan fingerprint density at radius 2 is 1.92 bits per heavy atom. The van der Waals surface area contributed by atoms with Gasteiger partial charge in [0.25, 0.3) is 11.7 Å². The molecule has 0 saturated carbocycles. The van der Waals surface area contributed by atoms with E-state index in [2.05, 4.69) is 26.0 Å². The molecule has 0 unspecified atom stereocenters. The van der Waals surface area contributed by atoms with Gasteiger partial charge in [-0.1, -0.05) is 28.1 Å². The van der Waals surface area contributed by atoms with Crippen molar-refractivity contribution in [3.05, 3.63) is 40.5 Å². The topological polar surface area (TPSA) is 93.6 Å². The summed E-state index contributed by atoms with van der Waals surface area (Å²) in [5.74, 6) is -1.31. The molecular formula is C16H16BrN5O2. The lowest BCUT2D eigenvalue weighted by atomic mass is 9.90. The van der Waals surface area contributed by atoms with Crippen molar-refractivity contribution in [2.75, 3.05) is 7.05 Å². The lowest BCUT2D eigenvalue weighted by molar-refractivity contribution is -0.145. The van der Waals surface area contributed by atoms with E-state index in [1.54, 1.807) is 24.7 Å². The van der Waals surface area contributed by atoms with Crippen molar-refractivity contribution in [1.82, 2.24) is 14.7 Å². The van der Waals surface area contributed by atoms with Gasteiger partial charge >= 0.3 is 0 Å². The van der Waals surface area contributed by atoms with Gasteiger partial charge in [0.2, 0.25) is 0 Å². The maximum atomic E-state index is 12.6. The first-order valence-electron chi connectivity index (χ1n) is 7.22. The Hall–Kier alpha value is -2.48. The molecule has 1 atom stereocenters. The number of nitrogens with two attached hydrogens (primary N) is 1. The molecule has 2 N–H and O–H groups in total. The van der Waals surface area contributed by atoms with Gasteiger partial charge in [-0.2, -0.15) is 5.10 Å². The Labute approximate surface area is 147 Å². The van der Waals surface area contributed by atoms with Crippen LogP contribution in [-0.4, -0.2) is 39.4 Å². The lowest BCUT2D eigenvalue weighted by Crippen LogP contribution is -2.54. The van der Waals surface area contributed by atoms with E-state index in [0.717, 1.165) is 14.9 Å². The third-order valence-electron chi connectivity index (χ3n) is 4.12. The Balaban J connectivity index is 2.13. The van der Waals surface area contributed by atoms with Crippen LogP contribution in [0.3, 0.4) is 0 Å². The summed E-state index contributed by atoms with van der Waals surface area (Å²) in [5, 5.41) is 4.45. The van der Waals surface area contributed by atoms with Crippen LogP contribution < -0.4 is 5.73 Å². The smallest absolute Gasteiger partial charge is 0.299 e. The molecule has 1 aliphatic heterocycles. The second kappa shape index (κ2) is 5.55. The summed E-state index contributed by atoms with van der Waals surface area (Å²) in [6, 6.07) is 9.41. The molecule has 0 radical (unpaired) electrons. The average Bonchev–Trinajstić information content (AvgIpc) is 2.94. The average molecular weight is 390 g/mol. The first-order valence-corrected chi connectivity index (χ1v) is 8.01. The second-order valence-corrected chi connectivity index (χ2v) is 6.70. The third kappa shape index (κ3) is 2.43. The van der Waals surface area contributed by atoms with Crippen molar-refractivity contribution in [3.63, 3.8) is 0 Å². The van der Waals surface area contributed by atoms with E-state index in [1.807, 2.05) is 24.3 Å². The molecule has 24 heavy (non-hydrogen) atoms. The zero-order valence-electron chi connectivity index (χ0n) is 13.4. The minimum atomic E-state index is -1.39. The van der Waals surface area contributed by atoms with E-state index < -0.39 is 17.2 Å². The second-order valence-electron chi connectivity index (χ2n) is 5.78. The number of carbonyl (C=O) groups excluding carboxylic acids is 2. The summed E-state index contributed by atoms with van der Waals surface area (Å²) in [5.41, 5.74) is 6.49. The molecule has 1 aromatic heterocycles. The van der Waals surface area contributed by atoms with Gasteiger partial charge in [0, 0.05) is 24.1 Å². The molecule has 8 heteroatoms. The highest BCUT2D eigenvalue weighted by Gasteiger charge is 2.47. The Morgan fingerprint density at radius 3 is 2.58 bits per heavy atom. The van der Waals surface area contributed by atoms with E-state index in [-0.39, 0.29) is 5.96 Å². The maximum Gasteiger partial charge on any atom is 0.299 e. The van der Waals surface area contributed by atoms with Gasteiger partial charge in [0.15, 0.2) is 11.5 Å². The van der Waals surface area contributed by atoms with Crippen LogP contribution in [0.15, 0.2) is 39.8 Å². The monoisotopic (exact) mass is 389 g/mol. The van der Waals surface area contributed by atoms with Crippen molar-refractivity contribution < 1.29 is 9.59 Å². The Morgan fingerprint density at radius 1 is 1.21 bits per heavy atom. The van der Waals surface area contributed by atoms with E-state index in [9.17, 15) is 9.59 Å². The largest absolute Gasteiger partial charge is 0.369 e. The number of likely N-dealkylation sites (N-methyl/N-ethyl adjacent to an activating group) is 1. The molecule has 3 rings (SSSR count). The molecule has 124 valence electrons. The fourth-order valence-corrected chi connectivity index (χ4v) is 3.10. The maximum absolute atomic E-state index is 12.6. The fourth-order valence-electron chi connectivity index (χ4n) is 2.70. The zero-order valence-corrected chi connectivity index (χ0v) is 15.0. The summed E-state index contributed by atoms with van der Waals surface area (Å²) in [6.07, 6.45) is 0. The normalized spacial score (nSPS) is 21.2. The van der Waals surface area contributed by atoms with Gasteiger partial charge < -0.3 is 5.73 Å². The van der Waals surface area contributed by atoms with Gasteiger partial charge in [-0.25, -0.2) is 4.99 Å². The van der Waals surface area contributed by atoms with Gasteiger partial charge in [-0.3, -0.25) is 19.2 Å². The summed E-state index contributed by atoms with van der Waals surface area (Å²) in [4.78, 5) is 30.0. The molecule has 1 amide bonds. The highest BCUT2D eigenvalue weighted by Crippen LogP contribution is 2.33. The molecule has 2 heterocycles. The van der Waals surface area contributed by atoms with Gasteiger partial charge in [0.05, 0.1) is 11.4 Å².